The first-order valence-corrected chi connectivity index (χ1v) is 12.3. The van der Waals surface area contributed by atoms with E-state index in [1.54, 1.807) is 24.3 Å². The molecule has 168 valence electrons. The van der Waals surface area contributed by atoms with E-state index in [2.05, 4.69) is 20.5 Å². The molecule has 1 aromatic heterocycles. The third kappa shape index (κ3) is 4.85. The number of aryl methyl sites for hydroxylation is 1. The summed E-state index contributed by atoms with van der Waals surface area (Å²) in [7, 11) is -3.77. The highest BCUT2D eigenvalue weighted by molar-refractivity contribution is 7.89. The first kappa shape index (κ1) is 22.4. The van der Waals surface area contributed by atoms with Crippen LogP contribution in [-0.2, 0) is 10.0 Å². The second-order valence-electron chi connectivity index (χ2n) is 7.74. The minimum atomic E-state index is -3.77. The summed E-state index contributed by atoms with van der Waals surface area (Å²) >= 11 is 6.23. The van der Waals surface area contributed by atoms with Gasteiger partial charge in [-0.25, -0.2) is 13.4 Å². The SMILES string of the molecule is Cc1nc(-c2ccc(NC(=O)c3ccc(Cl)c(S(=O)(=O)N4CCCCCC4)c3)cc2)n[nH]1. The summed E-state index contributed by atoms with van der Waals surface area (Å²) in [6.45, 7) is 2.75. The average molecular weight is 474 g/mol. The van der Waals surface area contributed by atoms with Crippen molar-refractivity contribution in [3.8, 4) is 11.4 Å². The van der Waals surface area contributed by atoms with Crippen molar-refractivity contribution in [1.29, 1.82) is 0 Å². The van der Waals surface area contributed by atoms with Crippen LogP contribution < -0.4 is 5.32 Å². The molecule has 0 radical (unpaired) electrons. The van der Waals surface area contributed by atoms with Gasteiger partial charge in [-0.15, -0.1) is 0 Å². The summed E-state index contributed by atoms with van der Waals surface area (Å²) in [5.74, 6) is 0.864. The Balaban J connectivity index is 1.53. The maximum absolute atomic E-state index is 13.2. The molecule has 4 rings (SSSR count). The summed E-state index contributed by atoms with van der Waals surface area (Å²) in [4.78, 5) is 17.0. The lowest BCUT2D eigenvalue weighted by Crippen LogP contribution is -2.32. The Kier molecular flexibility index (Phi) is 6.59. The van der Waals surface area contributed by atoms with Crippen LogP contribution in [0.4, 0.5) is 5.69 Å². The van der Waals surface area contributed by atoms with Gasteiger partial charge in [-0.2, -0.15) is 9.40 Å². The number of nitrogens with zero attached hydrogens (tertiary/aromatic N) is 3. The lowest BCUT2D eigenvalue weighted by atomic mass is 10.1. The second kappa shape index (κ2) is 9.40. The maximum Gasteiger partial charge on any atom is 0.255 e. The molecule has 2 N–H and O–H groups in total. The van der Waals surface area contributed by atoms with Crippen LogP contribution in [0.25, 0.3) is 11.4 Å². The number of benzene rings is 2. The van der Waals surface area contributed by atoms with Crippen molar-refractivity contribution in [1.82, 2.24) is 19.5 Å². The van der Waals surface area contributed by atoms with Crippen molar-refractivity contribution in [3.05, 3.63) is 58.9 Å². The minimum Gasteiger partial charge on any atom is -0.322 e. The van der Waals surface area contributed by atoms with E-state index in [9.17, 15) is 13.2 Å². The van der Waals surface area contributed by atoms with Gasteiger partial charge in [0.1, 0.15) is 10.7 Å². The molecule has 1 aliphatic rings. The highest BCUT2D eigenvalue weighted by atomic mass is 35.5. The van der Waals surface area contributed by atoms with Gasteiger partial charge in [-0.3, -0.25) is 9.89 Å². The largest absolute Gasteiger partial charge is 0.322 e. The normalized spacial score (nSPS) is 15.3. The van der Waals surface area contributed by atoms with Crippen LogP contribution in [0.3, 0.4) is 0 Å². The number of rotatable bonds is 5. The van der Waals surface area contributed by atoms with Crippen molar-refractivity contribution in [3.63, 3.8) is 0 Å². The molecule has 0 bridgehead atoms. The standard InChI is InChI=1S/C22H24ClN5O3S/c1-15-24-21(27-26-15)16-6-9-18(10-7-16)25-22(29)17-8-11-19(23)20(14-17)32(30,31)28-12-4-2-3-5-13-28/h6-11,14H,2-5,12-13H2,1H3,(H,25,29)(H,24,26,27). The van der Waals surface area contributed by atoms with E-state index in [0.29, 0.717) is 30.4 Å². The van der Waals surface area contributed by atoms with Crippen LogP contribution >= 0.6 is 11.6 Å². The highest BCUT2D eigenvalue weighted by Gasteiger charge is 2.28. The number of carbonyl (C=O) groups is 1. The third-order valence-corrected chi connectivity index (χ3v) is 7.75. The Labute approximate surface area is 192 Å². The third-order valence-electron chi connectivity index (χ3n) is 5.37. The number of aromatic nitrogens is 3. The van der Waals surface area contributed by atoms with Crippen LogP contribution in [-0.4, -0.2) is 46.9 Å². The molecule has 0 aliphatic carbocycles. The van der Waals surface area contributed by atoms with Crippen LogP contribution in [0.15, 0.2) is 47.4 Å². The van der Waals surface area contributed by atoms with Crippen LogP contribution in [0.1, 0.15) is 41.9 Å². The lowest BCUT2D eigenvalue weighted by Gasteiger charge is -2.21. The van der Waals surface area contributed by atoms with E-state index in [-0.39, 0.29) is 15.5 Å². The van der Waals surface area contributed by atoms with E-state index >= 15 is 0 Å². The van der Waals surface area contributed by atoms with Gasteiger partial charge in [0.25, 0.3) is 5.91 Å². The summed E-state index contributed by atoms with van der Waals surface area (Å²) < 4.78 is 27.8. The number of amides is 1. The van der Waals surface area contributed by atoms with Crippen molar-refractivity contribution >= 4 is 33.2 Å². The van der Waals surface area contributed by atoms with Gasteiger partial charge in [0.05, 0.1) is 5.02 Å². The van der Waals surface area contributed by atoms with Gasteiger partial charge in [0, 0.05) is 29.9 Å². The van der Waals surface area contributed by atoms with E-state index in [0.717, 1.165) is 31.2 Å². The Morgan fingerprint density at radius 1 is 1.06 bits per heavy atom. The summed E-state index contributed by atoms with van der Waals surface area (Å²) in [6, 6.07) is 11.4. The number of anilines is 1. The molecular weight excluding hydrogens is 450 g/mol. The summed E-state index contributed by atoms with van der Waals surface area (Å²) in [5, 5.41) is 9.80. The Hall–Kier alpha value is -2.75. The van der Waals surface area contributed by atoms with Crippen molar-refractivity contribution in [2.75, 3.05) is 18.4 Å². The van der Waals surface area contributed by atoms with Gasteiger partial charge in [-0.05, 0) is 62.2 Å². The maximum atomic E-state index is 13.2. The lowest BCUT2D eigenvalue weighted by molar-refractivity contribution is 0.102. The topological polar surface area (TPSA) is 108 Å². The summed E-state index contributed by atoms with van der Waals surface area (Å²) in [5.41, 5.74) is 1.60. The fraction of sp³-hybridized carbons (Fsp3) is 0.318. The van der Waals surface area contributed by atoms with E-state index in [4.69, 9.17) is 11.6 Å². The van der Waals surface area contributed by atoms with E-state index in [1.165, 1.54) is 22.5 Å². The number of sulfonamides is 1. The predicted octanol–water partition coefficient (Wildman–Crippen LogP) is 4.25. The average Bonchev–Trinajstić information content (AvgIpc) is 3.03. The van der Waals surface area contributed by atoms with Gasteiger partial charge in [0.15, 0.2) is 5.82 Å². The molecule has 32 heavy (non-hydrogen) atoms. The van der Waals surface area contributed by atoms with Crippen molar-refractivity contribution < 1.29 is 13.2 Å². The Bertz CT molecular complexity index is 1220. The molecule has 10 heteroatoms. The van der Waals surface area contributed by atoms with Crippen LogP contribution in [0.5, 0.6) is 0 Å². The molecule has 1 saturated heterocycles. The van der Waals surface area contributed by atoms with Gasteiger partial charge in [0.2, 0.25) is 10.0 Å². The predicted molar refractivity (Wildman–Crippen MR) is 123 cm³/mol. The molecule has 0 spiro atoms. The molecule has 3 aromatic rings. The number of hydrogen-bond acceptors (Lipinski definition) is 5. The van der Waals surface area contributed by atoms with E-state index in [1.807, 2.05) is 6.92 Å². The van der Waals surface area contributed by atoms with Crippen molar-refractivity contribution in [2.45, 2.75) is 37.5 Å². The molecule has 1 aliphatic heterocycles. The monoisotopic (exact) mass is 473 g/mol. The molecule has 0 atom stereocenters. The van der Waals surface area contributed by atoms with Gasteiger partial charge >= 0.3 is 0 Å². The van der Waals surface area contributed by atoms with Gasteiger partial charge in [-0.1, -0.05) is 24.4 Å². The summed E-state index contributed by atoms with van der Waals surface area (Å²) in [6.07, 6.45) is 3.66. The van der Waals surface area contributed by atoms with Crippen LogP contribution in [0.2, 0.25) is 5.02 Å². The van der Waals surface area contributed by atoms with E-state index < -0.39 is 15.9 Å². The Morgan fingerprint density at radius 3 is 2.38 bits per heavy atom. The number of hydrogen-bond donors (Lipinski definition) is 2. The molecular formula is C22H24ClN5O3S. The number of H-pyrrole nitrogens is 1. The molecule has 2 heterocycles. The second-order valence-corrected chi connectivity index (χ2v) is 10.1. The van der Waals surface area contributed by atoms with Gasteiger partial charge < -0.3 is 5.32 Å². The molecule has 0 saturated carbocycles. The zero-order valence-electron chi connectivity index (χ0n) is 17.6. The zero-order valence-corrected chi connectivity index (χ0v) is 19.2. The number of halogens is 1. The zero-order chi connectivity index (χ0) is 22.7. The minimum absolute atomic E-state index is 0.0379. The molecule has 8 nitrogen and oxygen atoms in total. The fourth-order valence-corrected chi connectivity index (χ4v) is 5.66. The highest BCUT2D eigenvalue weighted by Crippen LogP contribution is 2.28. The van der Waals surface area contributed by atoms with Crippen LogP contribution in [0, 0.1) is 6.92 Å². The number of aromatic amines is 1. The fourth-order valence-electron chi connectivity index (χ4n) is 3.64. The molecule has 2 aromatic carbocycles. The first-order chi connectivity index (χ1) is 15.3. The first-order valence-electron chi connectivity index (χ1n) is 10.4. The number of nitrogens with one attached hydrogen (secondary N) is 2. The smallest absolute Gasteiger partial charge is 0.255 e. The molecule has 0 unspecified atom stereocenters. The van der Waals surface area contributed by atoms with Crippen molar-refractivity contribution in [2.24, 2.45) is 0 Å². The number of carbonyl (C=O) groups excluding carboxylic acids is 1. The Morgan fingerprint density at radius 2 is 1.75 bits per heavy atom. The quantitative estimate of drug-likeness (QED) is 0.575. The molecule has 1 amide bonds. The molecule has 1 fully saturated rings.